The lowest BCUT2D eigenvalue weighted by molar-refractivity contribution is -0.154. The molecular formula is C9H12F2N6O2. The third-order valence-electron chi connectivity index (χ3n) is 3.01. The van der Waals surface area contributed by atoms with Crippen LogP contribution in [0.2, 0.25) is 0 Å². The molecule has 0 aromatic rings. The van der Waals surface area contributed by atoms with E-state index in [1.54, 1.807) is 0 Å². The molecule has 0 amide bonds. The summed E-state index contributed by atoms with van der Waals surface area (Å²) in [6.45, 7) is -0.464. The molecule has 104 valence electrons. The van der Waals surface area contributed by atoms with Gasteiger partial charge in [0.2, 0.25) is 6.23 Å². The summed E-state index contributed by atoms with van der Waals surface area (Å²) in [4.78, 5) is 3.81. The fraction of sp³-hybridized carbons (Fsp3) is 0.556. The molecule has 19 heavy (non-hydrogen) atoms. The summed E-state index contributed by atoms with van der Waals surface area (Å²) in [5, 5.41) is 14.9. The van der Waals surface area contributed by atoms with E-state index in [4.69, 9.17) is 15.7 Å². The van der Waals surface area contributed by atoms with Gasteiger partial charge in [-0.25, -0.2) is 35.2 Å². The van der Waals surface area contributed by atoms with Crippen molar-refractivity contribution in [3.05, 3.63) is 11.9 Å². The van der Waals surface area contributed by atoms with Crippen LogP contribution in [0, 0.1) is 0 Å². The van der Waals surface area contributed by atoms with Gasteiger partial charge >= 0.3 is 0 Å². The quantitative estimate of drug-likeness (QED) is 0.554. The van der Waals surface area contributed by atoms with Crippen LogP contribution in [0.25, 0.3) is 0 Å². The zero-order valence-corrected chi connectivity index (χ0v) is 9.70. The summed E-state index contributed by atoms with van der Waals surface area (Å²) < 4.78 is 32.9. The number of hydrazine groups is 2. The number of nitrogens with two attached hydrogens (primary N) is 1. The molecule has 1 fully saturated rings. The molecule has 3 heterocycles. The number of hydrogen-bond donors (Lipinski definition) is 3. The molecule has 0 aliphatic carbocycles. The maximum atomic E-state index is 13.9. The van der Waals surface area contributed by atoms with Crippen molar-refractivity contribution >= 4 is 12.2 Å². The van der Waals surface area contributed by atoms with Gasteiger partial charge in [0.05, 0.1) is 18.9 Å². The Bertz CT molecular complexity index is 479. The van der Waals surface area contributed by atoms with Gasteiger partial charge in [-0.15, -0.1) is 5.10 Å². The summed E-state index contributed by atoms with van der Waals surface area (Å²) in [6.07, 6.45) is -0.373. The highest BCUT2D eigenvalue weighted by molar-refractivity contribution is 6.05. The Kier molecular flexibility index (Phi) is 2.66. The van der Waals surface area contributed by atoms with Gasteiger partial charge < -0.3 is 9.84 Å². The number of halogens is 2. The minimum Gasteiger partial charge on any atom is -0.394 e. The number of ether oxygens (including phenoxy) is 1. The highest BCUT2D eigenvalue weighted by Crippen LogP contribution is 2.39. The summed E-state index contributed by atoms with van der Waals surface area (Å²) in [5.41, 5.74) is 2.72. The Balaban J connectivity index is 1.85. The van der Waals surface area contributed by atoms with Gasteiger partial charge in [-0.3, -0.25) is 0 Å². The average molecular weight is 274 g/mol. The highest BCUT2D eigenvalue weighted by atomic mass is 19.3. The van der Waals surface area contributed by atoms with Crippen molar-refractivity contribution in [2.24, 2.45) is 15.9 Å². The van der Waals surface area contributed by atoms with Crippen molar-refractivity contribution in [3.63, 3.8) is 0 Å². The molecule has 0 radical (unpaired) electrons. The van der Waals surface area contributed by atoms with E-state index in [1.165, 1.54) is 12.5 Å². The fourth-order valence-electron chi connectivity index (χ4n) is 2.13. The van der Waals surface area contributed by atoms with Crippen LogP contribution < -0.4 is 11.4 Å². The van der Waals surface area contributed by atoms with Crippen LogP contribution in [0.4, 0.5) is 8.78 Å². The number of nitrogens with one attached hydrogen (secondary N) is 1. The molecule has 1 saturated heterocycles. The van der Waals surface area contributed by atoms with Crippen molar-refractivity contribution in [2.75, 3.05) is 6.61 Å². The third-order valence-corrected chi connectivity index (χ3v) is 3.01. The van der Waals surface area contributed by atoms with Gasteiger partial charge in [0, 0.05) is 6.42 Å². The monoisotopic (exact) mass is 274 g/mol. The number of aliphatic imine (C=N–C) groups is 1. The van der Waals surface area contributed by atoms with E-state index in [1.807, 2.05) is 0 Å². The van der Waals surface area contributed by atoms with E-state index in [9.17, 15) is 8.78 Å². The van der Waals surface area contributed by atoms with Crippen LogP contribution in [0.3, 0.4) is 0 Å². The number of rotatable bonds is 2. The lowest BCUT2D eigenvalue weighted by atomic mass is 10.2. The van der Waals surface area contributed by atoms with Gasteiger partial charge in [0.15, 0.2) is 5.84 Å². The zero-order valence-electron chi connectivity index (χ0n) is 9.70. The molecule has 0 bridgehead atoms. The van der Waals surface area contributed by atoms with Gasteiger partial charge in [-0.1, -0.05) is 0 Å². The minimum absolute atomic E-state index is 0.266. The molecule has 2 atom stereocenters. The van der Waals surface area contributed by atoms with Gasteiger partial charge in [0.25, 0.3) is 5.92 Å². The van der Waals surface area contributed by atoms with Crippen LogP contribution in [-0.2, 0) is 4.74 Å². The molecule has 0 saturated carbocycles. The summed E-state index contributed by atoms with van der Waals surface area (Å²) in [7, 11) is 0. The second kappa shape index (κ2) is 4.11. The number of amidine groups is 1. The lowest BCUT2D eigenvalue weighted by Gasteiger charge is -2.30. The smallest absolute Gasteiger partial charge is 0.296 e. The van der Waals surface area contributed by atoms with Gasteiger partial charge in [0.1, 0.15) is 12.0 Å². The molecule has 3 rings (SSSR count). The largest absolute Gasteiger partial charge is 0.394 e. The summed E-state index contributed by atoms with van der Waals surface area (Å²) >= 11 is 0. The van der Waals surface area contributed by atoms with Crippen molar-refractivity contribution in [2.45, 2.75) is 24.7 Å². The minimum atomic E-state index is -3.12. The third kappa shape index (κ3) is 1.84. The van der Waals surface area contributed by atoms with Crippen molar-refractivity contribution in [1.29, 1.82) is 0 Å². The van der Waals surface area contributed by atoms with Crippen LogP contribution in [0.15, 0.2) is 22.0 Å². The first kappa shape index (κ1) is 12.3. The first-order chi connectivity index (χ1) is 9.03. The van der Waals surface area contributed by atoms with E-state index < -0.39 is 31.3 Å². The van der Waals surface area contributed by atoms with Crippen molar-refractivity contribution in [3.8, 4) is 0 Å². The predicted molar refractivity (Wildman–Crippen MR) is 60.3 cm³/mol. The molecule has 0 spiro atoms. The number of alkyl halides is 2. The second-order valence-corrected chi connectivity index (χ2v) is 4.35. The number of aliphatic hydroxyl groups excluding tert-OH is 1. The van der Waals surface area contributed by atoms with E-state index in [0.29, 0.717) is 0 Å². The molecule has 8 nitrogen and oxygen atoms in total. The lowest BCUT2D eigenvalue weighted by Crippen LogP contribution is -2.50. The maximum absolute atomic E-state index is 13.9. The highest BCUT2D eigenvalue weighted by Gasteiger charge is 2.55. The Hall–Kier alpha value is -1.78. The topological polar surface area (TPSA) is 98.7 Å². The molecule has 0 aromatic heterocycles. The second-order valence-electron chi connectivity index (χ2n) is 4.35. The van der Waals surface area contributed by atoms with E-state index in [2.05, 4.69) is 15.6 Å². The maximum Gasteiger partial charge on any atom is 0.296 e. The first-order valence-corrected chi connectivity index (χ1v) is 5.57. The molecule has 10 heteroatoms. The molecule has 0 unspecified atom stereocenters. The fourth-order valence-corrected chi connectivity index (χ4v) is 2.13. The molecule has 3 aliphatic rings. The Labute approximate surface area is 106 Å². The first-order valence-electron chi connectivity index (χ1n) is 5.57. The van der Waals surface area contributed by atoms with Crippen LogP contribution in [-0.4, -0.2) is 52.2 Å². The summed E-state index contributed by atoms with van der Waals surface area (Å²) in [5.74, 6) is 2.73. The Morgan fingerprint density at radius 3 is 3.11 bits per heavy atom. The number of fused-ring (bicyclic) bond motifs is 1. The average Bonchev–Trinajstić information content (AvgIpc) is 2.90. The van der Waals surface area contributed by atoms with Crippen molar-refractivity contribution < 1.29 is 18.6 Å². The van der Waals surface area contributed by atoms with Crippen LogP contribution >= 0.6 is 0 Å². The Morgan fingerprint density at radius 1 is 1.63 bits per heavy atom. The molecular weight excluding hydrogens is 262 g/mol. The van der Waals surface area contributed by atoms with Crippen LogP contribution in [0.5, 0.6) is 0 Å². The van der Waals surface area contributed by atoms with Gasteiger partial charge in [-0.2, -0.15) is 0 Å². The molecule has 3 aliphatic heterocycles. The zero-order chi connectivity index (χ0) is 13.6. The molecule has 4 N–H and O–H groups in total. The standard InChI is InChI=1S/C9H12F2N6O2/c10-9(11)1-5(3-18)19-8(9)17-6-2-13-4-16(12)7(6)14-15-17/h2,4-5,8,15,18H,1,3,12H2/t5-,8+/m0/s1. The van der Waals surface area contributed by atoms with Crippen molar-refractivity contribution in [1.82, 2.24) is 15.6 Å². The Morgan fingerprint density at radius 2 is 2.42 bits per heavy atom. The molecule has 0 aromatic carbocycles. The predicted octanol–water partition coefficient (Wildman–Crippen LogP) is -1.08. The van der Waals surface area contributed by atoms with E-state index >= 15 is 0 Å². The number of aliphatic hydroxyl groups is 1. The van der Waals surface area contributed by atoms with E-state index in [-0.39, 0.29) is 11.5 Å². The normalized spacial score (nSPS) is 32.0. The number of nitrogens with zero attached hydrogens (tertiary/aromatic N) is 4. The SMILES string of the molecule is NN1C=NC=C2C1=NNN2[C@@H]1O[C@H](CO)CC1(F)F. The number of hydrazone groups is 1. The summed E-state index contributed by atoms with van der Waals surface area (Å²) in [6, 6.07) is 0. The van der Waals surface area contributed by atoms with Gasteiger partial charge in [-0.05, 0) is 0 Å². The number of hydrogen-bond acceptors (Lipinski definition) is 8. The van der Waals surface area contributed by atoms with Crippen LogP contribution in [0.1, 0.15) is 6.42 Å². The van der Waals surface area contributed by atoms with E-state index in [0.717, 1.165) is 10.0 Å².